The number of carboxylic acids is 1. The monoisotopic (exact) mass is 217 g/mol. The number of carboxylic acid groups (broad SMARTS) is 2. The number of rotatable bonds is 3. The summed E-state index contributed by atoms with van der Waals surface area (Å²) in [5.41, 5.74) is -0.866. The molecule has 2 N–H and O–H groups in total. The van der Waals surface area contributed by atoms with Gasteiger partial charge in [0.2, 0.25) is 0 Å². The number of carbonyl (C=O) groups is 2. The molecule has 15 heavy (non-hydrogen) atoms. The molecule has 0 bridgehead atoms. The van der Waals surface area contributed by atoms with Crippen molar-refractivity contribution in [1.29, 1.82) is 0 Å². The number of amides is 1. The Labute approximate surface area is 87.4 Å². The third-order valence-corrected chi connectivity index (χ3v) is 2.47. The van der Waals surface area contributed by atoms with E-state index < -0.39 is 17.8 Å². The molecule has 0 saturated carbocycles. The molecular formula is C9H15NO5. The number of hydrogen-bond acceptors (Lipinski definition) is 3. The molecule has 0 aromatic heterocycles. The van der Waals surface area contributed by atoms with Gasteiger partial charge < -0.3 is 14.9 Å². The van der Waals surface area contributed by atoms with Crippen LogP contribution in [0.2, 0.25) is 0 Å². The number of hydrogen-bond donors (Lipinski definition) is 2. The van der Waals surface area contributed by atoms with Crippen LogP contribution in [0.1, 0.15) is 26.7 Å². The first-order chi connectivity index (χ1) is 6.84. The molecule has 1 aliphatic heterocycles. The Morgan fingerprint density at radius 3 is 2.53 bits per heavy atom. The quantitative estimate of drug-likeness (QED) is 0.735. The minimum Gasteiger partial charge on any atom is -0.481 e. The van der Waals surface area contributed by atoms with Crippen molar-refractivity contribution in [3.8, 4) is 0 Å². The fourth-order valence-electron chi connectivity index (χ4n) is 1.77. The van der Waals surface area contributed by atoms with Crippen LogP contribution in [0.5, 0.6) is 0 Å². The summed E-state index contributed by atoms with van der Waals surface area (Å²) in [7, 11) is 0. The minimum absolute atomic E-state index is 0.0477. The van der Waals surface area contributed by atoms with Crippen LogP contribution < -0.4 is 0 Å². The van der Waals surface area contributed by atoms with Gasteiger partial charge in [-0.2, -0.15) is 0 Å². The minimum atomic E-state index is -1.08. The van der Waals surface area contributed by atoms with E-state index in [1.807, 2.05) is 0 Å². The predicted octanol–water partition coefficient (Wildman–Crippen LogP) is 0.966. The van der Waals surface area contributed by atoms with Gasteiger partial charge in [-0.05, 0) is 20.3 Å². The van der Waals surface area contributed by atoms with Crippen LogP contribution in [0.4, 0.5) is 4.79 Å². The van der Waals surface area contributed by atoms with Crippen molar-refractivity contribution in [3.05, 3.63) is 0 Å². The van der Waals surface area contributed by atoms with Crippen LogP contribution in [0, 0.1) is 0 Å². The smallest absolute Gasteiger partial charge is 0.409 e. The zero-order valence-corrected chi connectivity index (χ0v) is 8.77. The molecule has 0 radical (unpaired) electrons. The Hall–Kier alpha value is -1.30. The first-order valence-corrected chi connectivity index (χ1v) is 4.72. The first-order valence-electron chi connectivity index (χ1n) is 4.72. The molecule has 1 rings (SSSR count). The standard InChI is InChI=1S/C9H15NO5/c1-9(2)10(8(13)14)6(5-15-9)3-4-7(11)12/h6H,3-5H2,1-2H3,(H,11,12)(H,13,14)/t6-/m0/s1. The van der Waals surface area contributed by atoms with Crippen LogP contribution in [0.3, 0.4) is 0 Å². The van der Waals surface area contributed by atoms with Crippen LogP contribution in [0.15, 0.2) is 0 Å². The molecule has 0 aromatic rings. The van der Waals surface area contributed by atoms with E-state index in [-0.39, 0.29) is 25.5 Å². The maximum atomic E-state index is 11.0. The molecule has 0 aromatic carbocycles. The maximum Gasteiger partial charge on any atom is 0.409 e. The van der Waals surface area contributed by atoms with Crippen molar-refractivity contribution in [2.75, 3.05) is 6.61 Å². The summed E-state index contributed by atoms with van der Waals surface area (Å²) in [4.78, 5) is 22.5. The van der Waals surface area contributed by atoms with E-state index in [4.69, 9.17) is 14.9 Å². The molecule has 1 saturated heterocycles. The van der Waals surface area contributed by atoms with E-state index in [1.165, 1.54) is 4.90 Å². The van der Waals surface area contributed by atoms with Gasteiger partial charge in [0.1, 0.15) is 5.72 Å². The van der Waals surface area contributed by atoms with Crippen LogP contribution in [0.25, 0.3) is 0 Å². The Kier molecular flexibility index (Phi) is 3.18. The van der Waals surface area contributed by atoms with Gasteiger partial charge in [0, 0.05) is 6.42 Å². The number of nitrogens with zero attached hydrogens (tertiary/aromatic N) is 1. The number of aliphatic carboxylic acids is 1. The molecule has 1 aliphatic rings. The van der Waals surface area contributed by atoms with Crippen molar-refractivity contribution in [2.24, 2.45) is 0 Å². The van der Waals surface area contributed by atoms with Gasteiger partial charge >= 0.3 is 12.1 Å². The Morgan fingerprint density at radius 1 is 1.47 bits per heavy atom. The molecule has 1 heterocycles. The van der Waals surface area contributed by atoms with E-state index in [2.05, 4.69) is 0 Å². The normalized spacial score (nSPS) is 24.1. The maximum absolute atomic E-state index is 11.0. The molecule has 86 valence electrons. The van der Waals surface area contributed by atoms with Gasteiger partial charge in [0.05, 0.1) is 12.6 Å². The summed E-state index contributed by atoms with van der Waals surface area (Å²) in [5, 5.41) is 17.5. The third-order valence-electron chi connectivity index (χ3n) is 2.47. The predicted molar refractivity (Wildman–Crippen MR) is 50.6 cm³/mol. The highest BCUT2D eigenvalue weighted by Crippen LogP contribution is 2.29. The topological polar surface area (TPSA) is 87.1 Å². The lowest BCUT2D eigenvalue weighted by Crippen LogP contribution is -2.47. The highest BCUT2D eigenvalue weighted by atomic mass is 16.5. The summed E-state index contributed by atoms with van der Waals surface area (Å²) in [5.74, 6) is -0.926. The fourth-order valence-corrected chi connectivity index (χ4v) is 1.77. The van der Waals surface area contributed by atoms with Gasteiger partial charge in [0.15, 0.2) is 0 Å². The van der Waals surface area contributed by atoms with Gasteiger partial charge in [-0.3, -0.25) is 9.69 Å². The van der Waals surface area contributed by atoms with Crippen molar-refractivity contribution in [1.82, 2.24) is 4.90 Å². The lowest BCUT2D eigenvalue weighted by molar-refractivity contribution is -0.137. The first kappa shape index (κ1) is 11.8. The van der Waals surface area contributed by atoms with Crippen LogP contribution in [-0.2, 0) is 9.53 Å². The van der Waals surface area contributed by atoms with Crippen molar-refractivity contribution in [3.63, 3.8) is 0 Å². The summed E-state index contributed by atoms with van der Waals surface area (Å²) >= 11 is 0. The summed E-state index contributed by atoms with van der Waals surface area (Å²) in [6, 6.07) is -0.367. The number of ether oxygens (including phenoxy) is 1. The molecule has 6 nitrogen and oxygen atoms in total. The zero-order valence-electron chi connectivity index (χ0n) is 8.77. The summed E-state index contributed by atoms with van der Waals surface area (Å²) in [6.07, 6.45) is -0.841. The molecule has 0 unspecified atom stereocenters. The second-order valence-electron chi connectivity index (χ2n) is 4.00. The molecule has 1 atom stereocenters. The molecule has 0 aliphatic carbocycles. The Bertz CT molecular complexity index is 276. The molecule has 1 amide bonds. The largest absolute Gasteiger partial charge is 0.481 e. The van der Waals surface area contributed by atoms with Crippen molar-refractivity contribution in [2.45, 2.75) is 38.5 Å². The van der Waals surface area contributed by atoms with E-state index in [0.717, 1.165) is 0 Å². The third kappa shape index (κ3) is 2.59. The fraction of sp³-hybridized carbons (Fsp3) is 0.778. The van der Waals surface area contributed by atoms with E-state index in [1.54, 1.807) is 13.8 Å². The van der Waals surface area contributed by atoms with E-state index in [0.29, 0.717) is 0 Å². The molecule has 0 spiro atoms. The van der Waals surface area contributed by atoms with Crippen molar-refractivity contribution >= 4 is 12.1 Å². The lowest BCUT2D eigenvalue weighted by atomic mass is 10.1. The van der Waals surface area contributed by atoms with E-state index >= 15 is 0 Å². The zero-order chi connectivity index (χ0) is 11.6. The van der Waals surface area contributed by atoms with Gasteiger partial charge in [-0.15, -0.1) is 0 Å². The second kappa shape index (κ2) is 4.06. The summed E-state index contributed by atoms with van der Waals surface area (Å²) < 4.78 is 5.31. The van der Waals surface area contributed by atoms with Gasteiger partial charge in [-0.25, -0.2) is 4.79 Å². The average Bonchev–Trinajstić information content (AvgIpc) is 2.37. The molecule has 6 heteroatoms. The van der Waals surface area contributed by atoms with Gasteiger partial charge in [0.25, 0.3) is 0 Å². The molecular weight excluding hydrogens is 202 g/mol. The molecule has 1 fully saturated rings. The lowest BCUT2D eigenvalue weighted by Gasteiger charge is -2.30. The average molecular weight is 217 g/mol. The van der Waals surface area contributed by atoms with Crippen LogP contribution >= 0.6 is 0 Å². The Morgan fingerprint density at radius 2 is 2.07 bits per heavy atom. The SMILES string of the molecule is CC1(C)OC[C@H](CCC(=O)O)N1C(=O)O. The van der Waals surface area contributed by atoms with Gasteiger partial charge in [-0.1, -0.05) is 0 Å². The van der Waals surface area contributed by atoms with Crippen LogP contribution in [-0.4, -0.2) is 45.5 Å². The second-order valence-corrected chi connectivity index (χ2v) is 4.00. The highest BCUT2D eigenvalue weighted by Gasteiger charge is 2.43. The van der Waals surface area contributed by atoms with Crippen molar-refractivity contribution < 1.29 is 24.5 Å². The summed E-state index contributed by atoms with van der Waals surface area (Å²) in [6.45, 7) is 3.57. The van der Waals surface area contributed by atoms with E-state index in [9.17, 15) is 9.59 Å². The highest BCUT2D eigenvalue weighted by molar-refractivity contribution is 5.68. The Balaban J connectivity index is 2.66.